The topological polar surface area (TPSA) is 30.2 Å². The molecule has 0 amide bonds. The summed E-state index contributed by atoms with van der Waals surface area (Å²) < 4.78 is 41.2. The predicted molar refractivity (Wildman–Crippen MR) is 74.1 cm³/mol. The van der Waals surface area contributed by atoms with Gasteiger partial charge in [0.25, 0.3) is 0 Å². The van der Waals surface area contributed by atoms with E-state index < -0.39 is 11.9 Å². The van der Waals surface area contributed by atoms with Gasteiger partial charge in [0.2, 0.25) is 0 Å². The standard InChI is InChI=1S/C15H14F3N3/c1-2-3-6-10-9-19-14-13(15(16,17)18)20-11-7-4-5-8-12(11)21(10)14/h4-5,7-9H,2-3,6H2,1H3. The molecule has 0 aliphatic carbocycles. The number of aromatic nitrogens is 3. The Morgan fingerprint density at radius 3 is 2.67 bits per heavy atom. The van der Waals surface area contributed by atoms with Crippen LogP contribution >= 0.6 is 0 Å². The van der Waals surface area contributed by atoms with E-state index in [2.05, 4.69) is 9.97 Å². The number of halogens is 3. The number of alkyl halides is 3. The number of hydrogen-bond acceptors (Lipinski definition) is 2. The van der Waals surface area contributed by atoms with Crippen LogP contribution in [0.4, 0.5) is 13.2 Å². The lowest BCUT2D eigenvalue weighted by molar-refractivity contribution is -0.139. The molecule has 0 spiro atoms. The van der Waals surface area contributed by atoms with Crippen molar-refractivity contribution in [3.8, 4) is 0 Å². The predicted octanol–water partition coefficient (Wildman–Crippen LogP) is 4.24. The Kier molecular flexibility index (Phi) is 3.31. The molecule has 0 atom stereocenters. The first kappa shape index (κ1) is 13.9. The quantitative estimate of drug-likeness (QED) is 0.723. The van der Waals surface area contributed by atoms with Crippen LogP contribution in [-0.4, -0.2) is 14.4 Å². The Hall–Kier alpha value is -2.11. The maximum Gasteiger partial charge on any atom is 0.437 e. The Balaban J connectivity index is 2.36. The van der Waals surface area contributed by atoms with E-state index in [1.54, 1.807) is 28.7 Å². The Morgan fingerprint density at radius 1 is 1.19 bits per heavy atom. The number of aryl methyl sites for hydroxylation is 1. The van der Waals surface area contributed by atoms with Crippen molar-refractivity contribution < 1.29 is 13.2 Å². The average molecular weight is 293 g/mol. The number of nitrogens with zero attached hydrogens (tertiary/aromatic N) is 3. The van der Waals surface area contributed by atoms with Gasteiger partial charge in [-0.3, -0.25) is 4.40 Å². The first-order valence-electron chi connectivity index (χ1n) is 6.84. The normalized spacial score (nSPS) is 12.4. The van der Waals surface area contributed by atoms with E-state index in [0.717, 1.165) is 18.5 Å². The molecule has 1 aromatic carbocycles. The zero-order valence-corrected chi connectivity index (χ0v) is 11.5. The van der Waals surface area contributed by atoms with E-state index in [-0.39, 0.29) is 5.65 Å². The van der Waals surface area contributed by atoms with Crippen LogP contribution in [0.2, 0.25) is 0 Å². The molecular weight excluding hydrogens is 279 g/mol. The highest BCUT2D eigenvalue weighted by Crippen LogP contribution is 2.33. The number of rotatable bonds is 3. The van der Waals surface area contributed by atoms with Gasteiger partial charge in [-0.05, 0) is 25.0 Å². The molecule has 0 aliphatic heterocycles. The summed E-state index contributed by atoms with van der Waals surface area (Å²) in [6.45, 7) is 2.05. The lowest BCUT2D eigenvalue weighted by Gasteiger charge is -2.11. The van der Waals surface area contributed by atoms with E-state index in [0.29, 0.717) is 17.5 Å². The fourth-order valence-corrected chi connectivity index (χ4v) is 2.47. The third kappa shape index (κ3) is 2.34. The first-order valence-corrected chi connectivity index (χ1v) is 6.84. The van der Waals surface area contributed by atoms with Gasteiger partial charge in [-0.25, -0.2) is 9.97 Å². The Bertz CT molecular complexity index is 790. The van der Waals surface area contributed by atoms with Gasteiger partial charge in [0.05, 0.1) is 11.0 Å². The number of imidazole rings is 1. The van der Waals surface area contributed by atoms with Gasteiger partial charge in [-0.1, -0.05) is 25.5 Å². The second-order valence-electron chi connectivity index (χ2n) is 4.96. The van der Waals surface area contributed by atoms with Crippen LogP contribution in [0.25, 0.3) is 16.7 Å². The van der Waals surface area contributed by atoms with Crippen LogP contribution in [0.15, 0.2) is 30.5 Å². The number of benzene rings is 1. The highest BCUT2D eigenvalue weighted by atomic mass is 19.4. The Morgan fingerprint density at radius 2 is 1.95 bits per heavy atom. The molecule has 2 aromatic heterocycles. The summed E-state index contributed by atoms with van der Waals surface area (Å²) in [7, 11) is 0. The van der Waals surface area contributed by atoms with Gasteiger partial charge in [0, 0.05) is 11.9 Å². The SMILES string of the molecule is CCCCc1cnc2c(C(F)(F)F)nc3ccccc3n12. The minimum absolute atomic E-state index is 0.118. The van der Waals surface area contributed by atoms with Gasteiger partial charge in [0.15, 0.2) is 11.3 Å². The lowest BCUT2D eigenvalue weighted by Crippen LogP contribution is -2.12. The second kappa shape index (κ2) is 5.02. The fraction of sp³-hybridized carbons (Fsp3) is 0.333. The molecule has 3 rings (SSSR count). The van der Waals surface area contributed by atoms with Crippen molar-refractivity contribution in [1.82, 2.24) is 14.4 Å². The molecular formula is C15H14F3N3. The molecule has 0 fully saturated rings. The van der Waals surface area contributed by atoms with Crippen molar-refractivity contribution in [2.45, 2.75) is 32.4 Å². The maximum atomic E-state index is 13.2. The van der Waals surface area contributed by atoms with Crippen LogP contribution < -0.4 is 0 Å². The largest absolute Gasteiger partial charge is 0.437 e. The van der Waals surface area contributed by atoms with Crippen molar-refractivity contribution in [3.63, 3.8) is 0 Å². The zero-order chi connectivity index (χ0) is 15.0. The van der Waals surface area contributed by atoms with Crippen molar-refractivity contribution in [2.24, 2.45) is 0 Å². The molecule has 6 heteroatoms. The van der Waals surface area contributed by atoms with Crippen LogP contribution in [0.3, 0.4) is 0 Å². The first-order chi connectivity index (χ1) is 10.0. The number of unbranched alkanes of at least 4 members (excludes halogenated alkanes) is 1. The maximum absolute atomic E-state index is 13.2. The zero-order valence-electron chi connectivity index (χ0n) is 11.5. The number of fused-ring (bicyclic) bond motifs is 3. The summed E-state index contributed by atoms with van der Waals surface area (Å²) in [5.41, 5.74) is 0.726. The van der Waals surface area contributed by atoms with Gasteiger partial charge < -0.3 is 0 Å². The molecule has 0 aliphatic rings. The van der Waals surface area contributed by atoms with Gasteiger partial charge in [0.1, 0.15) is 0 Å². The number of para-hydroxylation sites is 2. The molecule has 0 radical (unpaired) electrons. The molecule has 3 nitrogen and oxygen atoms in total. The van der Waals surface area contributed by atoms with Crippen LogP contribution in [0, 0.1) is 0 Å². The minimum atomic E-state index is -4.52. The van der Waals surface area contributed by atoms with Crippen molar-refractivity contribution in [3.05, 3.63) is 41.9 Å². The van der Waals surface area contributed by atoms with E-state index in [1.807, 2.05) is 6.92 Å². The molecule has 0 saturated carbocycles. The van der Waals surface area contributed by atoms with Gasteiger partial charge in [-0.15, -0.1) is 0 Å². The van der Waals surface area contributed by atoms with Gasteiger partial charge in [-0.2, -0.15) is 13.2 Å². The molecule has 0 saturated heterocycles. The summed E-state index contributed by atoms with van der Waals surface area (Å²) in [4.78, 5) is 7.73. The molecule has 0 unspecified atom stereocenters. The van der Waals surface area contributed by atoms with Crippen molar-refractivity contribution in [2.75, 3.05) is 0 Å². The van der Waals surface area contributed by atoms with Crippen LogP contribution in [-0.2, 0) is 12.6 Å². The summed E-state index contributed by atoms with van der Waals surface area (Å²) in [6.07, 6.45) is -0.413. The second-order valence-corrected chi connectivity index (χ2v) is 4.96. The van der Waals surface area contributed by atoms with Gasteiger partial charge >= 0.3 is 6.18 Å². The fourth-order valence-electron chi connectivity index (χ4n) is 2.47. The Labute approximate surface area is 119 Å². The van der Waals surface area contributed by atoms with E-state index in [4.69, 9.17) is 0 Å². The van der Waals surface area contributed by atoms with Crippen molar-refractivity contribution in [1.29, 1.82) is 0 Å². The monoisotopic (exact) mass is 293 g/mol. The van der Waals surface area contributed by atoms with Crippen molar-refractivity contribution >= 4 is 16.7 Å². The van der Waals surface area contributed by atoms with Crippen LogP contribution in [0.5, 0.6) is 0 Å². The summed E-state index contributed by atoms with van der Waals surface area (Å²) >= 11 is 0. The summed E-state index contributed by atoms with van der Waals surface area (Å²) in [6, 6.07) is 6.84. The molecule has 3 aromatic rings. The van der Waals surface area contributed by atoms with Crippen LogP contribution in [0.1, 0.15) is 31.2 Å². The highest BCUT2D eigenvalue weighted by molar-refractivity contribution is 5.79. The highest BCUT2D eigenvalue weighted by Gasteiger charge is 2.37. The number of hydrogen-bond donors (Lipinski definition) is 0. The average Bonchev–Trinajstić information content (AvgIpc) is 2.87. The molecule has 21 heavy (non-hydrogen) atoms. The molecule has 110 valence electrons. The van der Waals surface area contributed by atoms with E-state index in [1.165, 1.54) is 6.20 Å². The smallest absolute Gasteiger partial charge is 0.293 e. The lowest BCUT2D eigenvalue weighted by atomic mass is 10.2. The summed E-state index contributed by atoms with van der Waals surface area (Å²) in [5, 5.41) is 0. The minimum Gasteiger partial charge on any atom is -0.293 e. The van der Waals surface area contributed by atoms with E-state index in [9.17, 15) is 13.2 Å². The summed E-state index contributed by atoms with van der Waals surface area (Å²) in [5.74, 6) is 0. The molecule has 0 N–H and O–H groups in total. The molecule has 2 heterocycles. The molecule has 0 bridgehead atoms. The third-order valence-corrected chi connectivity index (χ3v) is 3.46. The third-order valence-electron chi connectivity index (χ3n) is 3.46. The van der Waals surface area contributed by atoms with E-state index >= 15 is 0 Å².